The van der Waals surface area contributed by atoms with Gasteiger partial charge < -0.3 is 4.40 Å². The highest BCUT2D eigenvalue weighted by molar-refractivity contribution is 9.10. The number of hydrogen-bond donors (Lipinski definition) is 0. The summed E-state index contributed by atoms with van der Waals surface area (Å²) in [6, 6.07) is 5.82. The Bertz CT molecular complexity index is 817. The summed E-state index contributed by atoms with van der Waals surface area (Å²) in [6.45, 7) is 4.13. The number of aromatic nitrogens is 4. The van der Waals surface area contributed by atoms with E-state index < -0.39 is 0 Å². The fourth-order valence-corrected chi connectivity index (χ4v) is 2.49. The third kappa shape index (κ3) is 2.16. The van der Waals surface area contributed by atoms with Gasteiger partial charge in [-0.15, -0.1) is 0 Å². The van der Waals surface area contributed by atoms with Gasteiger partial charge >= 0.3 is 5.69 Å². The highest BCUT2D eigenvalue weighted by Crippen LogP contribution is 2.17. The molecule has 3 aromatic rings. The molecule has 0 aliphatic heterocycles. The molecule has 5 nitrogen and oxygen atoms in total. The van der Waals surface area contributed by atoms with Gasteiger partial charge in [0.15, 0.2) is 0 Å². The summed E-state index contributed by atoms with van der Waals surface area (Å²) >= 11 is 3.46. The fraction of sp³-hybridized carbons (Fsp3) is 0.214. The molecule has 0 N–H and O–H groups in total. The summed E-state index contributed by atoms with van der Waals surface area (Å²) in [5.41, 5.74) is 3.02. The Morgan fingerprint density at radius 2 is 2.05 bits per heavy atom. The van der Waals surface area contributed by atoms with Gasteiger partial charge in [-0.05, 0) is 41.9 Å². The standard InChI is InChI=1S/C14H13BrN4O/c1-9-13(15)10(2)19(14(20)16-9)8-11-7-18-6-4-3-5-12(18)17-11/h3-7H,8H2,1-2H3. The van der Waals surface area contributed by atoms with Gasteiger partial charge in [0.2, 0.25) is 0 Å². The Morgan fingerprint density at radius 3 is 2.80 bits per heavy atom. The lowest BCUT2D eigenvalue weighted by Crippen LogP contribution is -2.27. The first-order valence-electron chi connectivity index (χ1n) is 6.22. The average Bonchev–Trinajstić information content (AvgIpc) is 2.83. The Labute approximate surface area is 124 Å². The van der Waals surface area contributed by atoms with Gasteiger partial charge in [0.25, 0.3) is 0 Å². The quantitative estimate of drug-likeness (QED) is 0.723. The Hall–Kier alpha value is -1.95. The summed E-state index contributed by atoms with van der Waals surface area (Å²) in [5, 5.41) is 0. The molecular weight excluding hydrogens is 320 g/mol. The molecule has 0 saturated heterocycles. The predicted octanol–water partition coefficient (Wildman–Crippen LogP) is 2.32. The molecule has 0 aliphatic rings. The van der Waals surface area contributed by atoms with Crippen molar-refractivity contribution in [3.63, 3.8) is 0 Å². The molecule has 0 unspecified atom stereocenters. The van der Waals surface area contributed by atoms with Crippen LogP contribution in [0.15, 0.2) is 39.9 Å². The fourth-order valence-electron chi connectivity index (χ4n) is 2.19. The average molecular weight is 333 g/mol. The Balaban J connectivity index is 2.07. The summed E-state index contributed by atoms with van der Waals surface area (Å²) in [4.78, 5) is 20.5. The first kappa shape index (κ1) is 13.1. The monoisotopic (exact) mass is 332 g/mol. The van der Waals surface area contributed by atoms with E-state index in [-0.39, 0.29) is 5.69 Å². The third-order valence-electron chi connectivity index (χ3n) is 3.27. The number of rotatable bonds is 2. The van der Waals surface area contributed by atoms with Gasteiger partial charge in [-0.2, -0.15) is 4.98 Å². The number of imidazole rings is 1. The van der Waals surface area contributed by atoms with Crippen LogP contribution in [0.3, 0.4) is 0 Å². The first-order chi connectivity index (χ1) is 9.56. The minimum Gasteiger partial charge on any atom is -0.307 e. The molecule has 102 valence electrons. The topological polar surface area (TPSA) is 52.2 Å². The van der Waals surface area contributed by atoms with Crippen LogP contribution >= 0.6 is 15.9 Å². The molecule has 0 radical (unpaired) electrons. The van der Waals surface area contributed by atoms with Crippen LogP contribution in [0, 0.1) is 13.8 Å². The van der Waals surface area contributed by atoms with Crippen LogP contribution in [0.2, 0.25) is 0 Å². The van der Waals surface area contributed by atoms with Crippen LogP contribution in [0.5, 0.6) is 0 Å². The zero-order valence-electron chi connectivity index (χ0n) is 11.2. The van der Waals surface area contributed by atoms with E-state index in [9.17, 15) is 4.79 Å². The van der Waals surface area contributed by atoms with E-state index in [0.29, 0.717) is 12.2 Å². The van der Waals surface area contributed by atoms with Gasteiger partial charge in [-0.25, -0.2) is 9.78 Å². The lowest BCUT2D eigenvalue weighted by molar-refractivity contribution is 0.678. The number of aryl methyl sites for hydroxylation is 1. The molecule has 3 aromatic heterocycles. The van der Waals surface area contributed by atoms with E-state index in [1.54, 1.807) is 4.57 Å². The molecule has 0 fully saturated rings. The van der Waals surface area contributed by atoms with Crippen molar-refractivity contribution in [1.29, 1.82) is 0 Å². The van der Waals surface area contributed by atoms with Crippen LogP contribution in [0.1, 0.15) is 17.1 Å². The van der Waals surface area contributed by atoms with Crippen molar-refractivity contribution in [2.45, 2.75) is 20.4 Å². The number of hydrogen-bond acceptors (Lipinski definition) is 3. The zero-order chi connectivity index (χ0) is 14.3. The molecule has 0 saturated carbocycles. The molecule has 6 heteroatoms. The van der Waals surface area contributed by atoms with Crippen LogP contribution in [-0.4, -0.2) is 18.9 Å². The van der Waals surface area contributed by atoms with Gasteiger partial charge in [0, 0.05) is 18.1 Å². The molecule has 0 spiro atoms. The summed E-state index contributed by atoms with van der Waals surface area (Å²) in [5.74, 6) is 0. The van der Waals surface area contributed by atoms with E-state index >= 15 is 0 Å². The van der Waals surface area contributed by atoms with Crippen molar-refractivity contribution >= 4 is 21.6 Å². The number of nitrogens with zero attached hydrogens (tertiary/aromatic N) is 4. The van der Waals surface area contributed by atoms with Crippen LogP contribution in [0.25, 0.3) is 5.65 Å². The summed E-state index contributed by atoms with van der Waals surface area (Å²) in [7, 11) is 0. The maximum atomic E-state index is 12.0. The molecule has 0 aliphatic carbocycles. The Kier molecular flexibility index (Phi) is 3.17. The summed E-state index contributed by atoms with van der Waals surface area (Å²) < 4.78 is 4.42. The number of fused-ring (bicyclic) bond motifs is 1. The van der Waals surface area contributed by atoms with Crippen molar-refractivity contribution in [3.05, 3.63) is 62.6 Å². The largest absolute Gasteiger partial charge is 0.348 e. The lowest BCUT2D eigenvalue weighted by atomic mass is 10.3. The van der Waals surface area contributed by atoms with E-state index in [0.717, 1.165) is 21.5 Å². The van der Waals surface area contributed by atoms with Crippen molar-refractivity contribution in [1.82, 2.24) is 18.9 Å². The van der Waals surface area contributed by atoms with E-state index in [1.165, 1.54) is 0 Å². The minimum atomic E-state index is -0.250. The van der Waals surface area contributed by atoms with Crippen LogP contribution in [0.4, 0.5) is 0 Å². The van der Waals surface area contributed by atoms with Gasteiger partial charge in [-0.1, -0.05) is 6.07 Å². The summed E-state index contributed by atoms with van der Waals surface area (Å²) in [6.07, 6.45) is 3.86. The van der Waals surface area contributed by atoms with E-state index in [2.05, 4.69) is 25.9 Å². The first-order valence-corrected chi connectivity index (χ1v) is 7.01. The molecule has 0 bridgehead atoms. The highest BCUT2D eigenvalue weighted by atomic mass is 79.9. The van der Waals surface area contributed by atoms with Gasteiger partial charge in [0.05, 0.1) is 22.4 Å². The predicted molar refractivity (Wildman–Crippen MR) is 80.0 cm³/mol. The van der Waals surface area contributed by atoms with E-state index in [4.69, 9.17) is 0 Å². The third-order valence-corrected chi connectivity index (χ3v) is 4.42. The molecular formula is C14H13BrN4O. The van der Waals surface area contributed by atoms with Gasteiger partial charge in [0.1, 0.15) is 5.65 Å². The second-order valence-corrected chi connectivity index (χ2v) is 5.46. The zero-order valence-corrected chi connectivity index (χ0v) is 12.8. The molecule has 0 atom stereocenters. The molecule has 20 heavy (non-hydrogen) atoms. The molecule has 0 aromatic carbocycles. The second-order valence-electron chi connectivity index (χ2n) is 4.66. The molecule has 0 amide bonds. The Morgan fingerprint density at radius 1 is 1.25 bits per heavy atom. The van der Waals surface area contributed by atoms with Crippen molar-refractivity contribution < 1.29 is 0 Å². The smallest absolute Gasteiger partial charge is 0.307 e. The van der Waals surface area contributed by atoms with Crippen molar-refractivity contribution in [3.8, 4) is 0 Å². The molecule has 3 heterocycles. The van der Waals surface area contributed by atoms with Gasteiger partial charge in [-0.3, -0.25) is 4.57 Å². The normalized spacial score (nSPS) is 11.2. The lowest BCUT2D eigenvalue weighted by Gasteiger charge is -2.10. The van der Waals surface area contributed by atoms with E-state index in [1.807, 2.05) is 48.8 Å². The number of pyridine rings is 1. The SMILES string of the molecule is Cc1nc(=O)n(Cc2cn3ccccc3n2)c(C)c1Br. The second kappa shape index (κ2) is 4.86. The van der Waals surface area contributed by atoms with Crippen molar-refractivity contribution in [2.75, 3.05) is 0 Å². The van der Waals surface area contributed by atoms with Crippen LogP contribution < -0.4 is 5.69 Å². The minimum absolute atomic E-state index is 0.250. The maximum Gasteiger partial charge on any atom is 0.348 e. The highest BCUT2D eigenvalue weighted by Gasteiger charge is 2.11. The van der Waals surface area contributed by atoms with Crippen molar-refractivity contribution in [2.24, 2.45) is 0 Å². The maximum absolute atomic E-state index is 12.0. The molecule has 3 rings (SSSR count). The number of halogens is 1. The van der Waals surface area contributed by atoms with Crippen LogP contribution in [-0.2, 0) is 6.54 Å².